The fourth-order valence-electron chi connectivity index (χ4n) is 2.29. The SMILES string of the molecule is CN1C(=O)[C@@]2(OC=C2C=O)c2cc(Br)ccc21. The molecule has 1 atom stereocenters. The van der Waals surface area contributed by atoms with E-state index in [1.54, 1.807) is 7.05 Å². The summed E-state index contributed by atoms with van der Waals surface area (Å²) in [6.45, 7) is 0. The van der Waals surface area contributed by atoms with E-state index in [4.69, 9.17) is 4.74 Å². The standard InChI is InChI=1S/C12H8BrNO3/c1-14-10-3-2-8(13)4-9(10)12(11(14)16)7(5-15)6-17-12/h2-6H,1H3/t12-/m0/s1. The summed E-state index contributed by atoms with van der Waals surface area (Å²) < 4.78 is 6.19. The third-order valence-corrected chi connectivity index (χ3v) is 3.69. The topological polar surface area (TPSA) is 46.6 Å². The van der Waals surface area contributed by atoms with Crippen molar-refractivity contribution >= 4 is 33.8 Å². The molecule has 0 bridgehead atoms. The molecule has 1 amide bonds. The Balaban J connectivity index is 2.28. The smallest absolute Gasteiger partial charge is 0.280 e. The van der Waals surface area contributed by atoms with Crippen molar-refractivity contribution in [1.82, 2.24) is 0 Å². The number of likely N-dealkylation sites (N-methyl/N-ethyl adjacent to an activating group) is 1. The highest BCUT2D eigenvalue weighted by Crippen LogP contribution is 2.51. The van der Waals surface area contributed by atoms with Gasteiger partial charge in [0.05, 0.1) is 17.5 Å². The lowest BCUT2D eigenvalue weighted by molar-refractivity contribution is -0.139. The molecule has 0 unspecified atom stereocenters. The zero-order valence-electron chi connectivity index (χ0n) is 8.94. The number of rotatable bonds is 1. The maximum Gasteiger partial charge on any atom is 0.280 e. The van der Waals surface area contributed by atoms with Crippen LogP contribution in [0.4, 0.5) is 5.69 Å². The second kappa shape index (κ2) is 3.20. The number of amides is 1. The Morgan fingerprint density at radius 3 is 2.82 bits per heavy atom. The molecule has 17 heavy (non-hydrogen) atoms. The number of hydrogen-bond acceptors (Lipinski definition) is 3. The predicted molar refractivity (Wildman–Crippen MR) is 64.5 cm³/mol. The van der Waals surface area contributed by atoms with E-state index in [1.807, 2.05) is 18.2 Å². The Hall–Kier alpha value is -1.62. The molecule has 0 N–H and O–H groups in total. The number of nitrogens with zero attached hydrogens (tertiary/aromatic N) is 1. The van der Waals surface area contributed by atoms with Gasteiger partial charge < -0.3 is 9.64 Å². The molecule has 0 saturated carbocycles. The minimum absolute atomic E-state index is 0.227. The number of carbonyl (C=O) groups is 2. The minimum atomic E-state index is -1.21. The van der Waals surface area contributed by atoms with E-state index in [-0.39, 0.29) is 5.91 Å². The van der Waals surface area contributed by atoms with Gasteiger partial charge in [-0.25, -0.2) is 0 Å². The lowest BCUT2D eigenvalue weighted by Crippen LogP contribution is -2.46. The molecule has 5 heteroatoms. The van der Waals surface area contributed by atoms with Crippen LogP contribution in [0.1, 0.15) is 5.56 Å². The Kier molecular flexibility index (Phi) is 1.98. The van der Waals surface area contributed by atoms with Gasteiger partial charge >= 0.3 is 0 Å². The molecule has 0 radical (unpaired) electrons. The van der Waals surface area contributed by atoms with Crippen LogP contribution in [0, 0.1) is 0 Å². The third kappa shape index (κ3) is 1.07. The number of benzene rings is 1. The van der Waals surface area contributed by atoms with E-state index in [1.165, 1.54) is 11.2 Å². The van der Waals surface area contributed by atoms with Crippen molar-refractivity contribution in [2.24, 2.45) is 0 Å². The van der Waals surface area contributed by atoms with E-state index in [2.05, 4.69) is 15.9 Å². The van der Waals surface area contributed by atoms with Gasteiger partial charge in [0.25, 0.3) is 5.91 Å². The van der Waals surface area contributed by atoms with Gasteiger partial charge in [0.1, 0.15) is 0 Å². The fourth-order valence-corrected chi connectivity index (χ4v) is 2.65. The molecule has 1 aromatic carbocycles. The van der Waals surface area contributed by atoms with Crippen LogP contribution in [0.25, 0.3) is 0 Å². The summed E-state index contributed by atoms with van der Waals surface area (Å²) >= 11 is 3.36. The summed E-state index contributed by atoms with van der Waals surface area (Å²) in [7, 11) is 1.67. The molecule has 1 aromatic rings. The zero-order chi connectivity index (χ0) is 12.2. The largest absolute Gasteiger partial charge is 0.474 e. The summed E-state index contributed by atoms with van der Waals surface area (Å²) in [4.78, 5) is 24.7. The summed E-state index contributed by atoms with van der Waals surface area (Å²) in [5.41, 5.74) is 0.635. The van der Waals surface area contributed by atoms with E-state index in [0.29, 0.717) is 17.4 Å². The van der Waals surface area contributed by atoms with Crippen molar-refractivity contribution in [2.75, 3.05) is 11.9 Å². The van der Waals surface area contributed by atoms with Crippen molar-refractivity contribution in [3.8, 4) is 0 Å². The quantitative estimate of drug-likeness (QED) is 0.741. The highest BCUT2D eigenvalue weighted by atomic mass is 79.9. The van der Waals surface area contributed by atoms with E-state index >= 15 is 0 Å². The van der Waals surface area contributed by atoms with Crippen LogP contribution in [0.15, 0.2) is 34.5 Å². The van der Waals surface area contributed by atoms with E-state index < -0.39 is 5.60 Å². The van der Waals surface area contributed by atoms with Gasteiger partial charge in [-0.2, -0.15) is 0 Å². The Labute approximate surface area is 106 Å². The zero-order valence-corrected chi connectivity index (χ0v) is 10.5. The van der Waals surface area contributed by atoms with E-state index in [0.717, 1.165) is 10.2 Å². The van der Waals surface area contributed by atoms with Crippen molar-refractivity contribution < 1.29 is 14.3 Å². The first-order valence-electron chi connectivity index (χ1n) is 5.03. The highest BCUT2D eigenvalue weighted by Gasteiger charge is 2.58. The normalized spacial score (nSPS) is 25.2. The molecule has 0 aliphatic carbocycles. The average molecular weight is 294 g/mol. The summed E-state index contributed by atoms with van der Waals surface area (Å²) in [5, 5.41) is 0. The van der Waals surface area contributed by atoms with Crippen molar-refractivity contribution in [3.63, 3.8) is 0 Å². The number of aldehydes is 1. The molecular weight excluding hydrogens is 286 g/mol. The summed E-state index contributed by atoms with van der Waals surface area (Å²) in [6, 6.07) is 5.49. The van der Waals surface area contributed by atoms with Crippen LogP contribution in [0.3, 0.4) is 0 Å². The first-order chi connectivity index (χ1) is 8.11. The second-order valence-electron chi connectivity index (χ2n) is 4.02. The van der Waals surface area contributed by atoms with Gasteiger partial charge in [-0.05, 0) is 18.2 Å². The van der Waals surface area contributed by atoms with Gasteiger partial charge in [0, 0.05) is 17.1 Å². The first kappa shape index (κ1) is 10.5. The molecular formula is C12H8BrNO3. The van der Waals surface area contributed by atoms with Crippen LogP contribution in [0.2, 0.25) is 0 Å². The van der Waals surface area contributed by atoms with Crippen LogP contribution in [-0.2, 0) is 19.9 Å². The second-order valence-corrected chi connectivity index (χ2v) is 4.93. The first-order valence-corrected chi connectivity index (χ1v) is 5.82. The Morgan fingerprint density at radius 1 is 1.47 bits per heavy atom. The molecule has 1 spiro atoms. The maximum absolute atomic E-state index is 12.2. The Morgan fingerprint density at radius 2 is 2.24 bits per heavy atom. The summed E-state index contributed by atoms with van der Waals surface area (Å²) in [6.07, 6.45) is 2.00. The Bertz CT molecular complexity index is 581. The molecule has 0 fully saturated rings. The molecule has 86 valence electrons. The number of fused-ring (bicyclic) bond motifs is 2. The predicted octanol–water partition coefficient (Wildman–Crippen LogP) is 1.73. The van der Waals surface area contributed by atoms with Crippen LogP contribution >= 0.6 is 15.9 Å². The van der Waals surface area contributed by atoms with Crippen molar-refractivity contribution in [1.29, 1.82) is 0 Å². The fraction of sp³-hybridized carbons (Fsp3) is 0.167. The number of halogens is 1. The molecule has 2 heterocycles. The molecule has 4 nitrogen and oxygen atoms in total. The molecule has 0 saturated heterocycles. The number of ether oxygens (including phenoxy) is 1. The van der Waals surface area contributed by atoms with Gasteiger partial charge in [0.2, 0.25) is 5.60 Å². The summed E-state index contributed by atoms with van der Waals surface area (Å²) in [5.74, 6) is -0.227. The lowest BCUT2D eigenvalue weighted by Gasteiger charge is -2.34. The average Bonchev–Trinajstić information content (AvgIpc) is 2.49. The van der Waals surface area contributed by atoms with Crippen LogP contribution in [0.5, 0.6) is 0 Å². The molecule has 2 aliphatic rings. The minimum Gasteiger partial charge on any atom is -0.474 e. The van der Waals surface area contributed by atoms with Gasteiger partial charge in [-0.1, -0.05) is 15.9 Å². The molecule has 3 rings (SSSR count). The third-order valence-electron chi connectivity index (χ3n) is 3.20. The number of hydrogen-bond donors (Lipinski definition) is 0. The molecule has 0 aromatic heterocycles. The van der Waals surface area contributed by atoms with E-state index in [9.17, 15) is 9.59 Å². The van der Waals surface area contributed by atoms with Crippen LogP contribution < -0.4 is 4.90 Å². The number of anilines is 1. The van der Waals surface area contributed by atoms with Crippen LogP contribution in [-0.4, -0.2) is 19.2 Å². The monoisotopic (exact) mass is 293 g/mol. The van der Waals surface area contributed by atoms with Crippen molar-refractivity contribution in [2.45, 2.75) is 5.60 Å². The lowest BCUT2D eigenvalue weighted by atomic mass is 9.85. The maximum atomic E-state index is 12.2. The van der Waals surface area contributed by atoms with Gasteiger partial charge in [0.15, 0.2) is 6.29 Å². The number of carbonyl (C=O) groups excluding carboxylic acids is 2. The van der Waals surface area contributed by atoms with Gasteiger partial charge in [-0.15, -0.1) is 0 Å². The highest BCUT2D eigenvalue weighted by molar-refractivity contribution is 9.10. The van der Waals surface area contributed by atoms with Crippen molar-refractivity contribution in [3.05, 3.63) is 40.1 Å². The molecule has 2 aliphatic heterocycles. The van der Waals surface area contributed by atoms with Gasteiger partial charge in [-0.3, -0.25) is 9.59 Å².